The van der Waals surface area contributed by atoms with Crippen molar-refractivity contribution >= 4 is 17.2 Å². The first-order valence-electron chi connectivity index (χ1n) is 6.47. The highest BCUT2D eigenvalue weighted by Gasteiger charge is 2.11. The summed E-state index contributed by atoms with van der Waals surface area (Å²) in [6, 6.07) is 11.3. The van der Waals surface area contributed by atoms with Gasteiger partial charge in [-0.05, 0) is 30.8 Å². The van der Waals surface area contributed by atoms with Crippen LogP contribution in [-0.2, 0) is 13.1 Å². The molecule has 21 heavy (non-hydrogen) atoms. The van der Waals surface area contributed by atoms with Crippen LogP contribution >= 0.6 is 12.2 Å². The molecule has 0 heterocycles. The normalized spacial score (nSPS) is 10.9. The van der Waals surface area contributed by atoms with Crippen LogP contribution in [0.1, 0.15) is 16.7 Å². The molecule has 0 amide bonds. The van der Waals surface area contributed by atoms with Gasteiger partial charge in [-0.3, -0.25) is 4.90 Å². The Bertz CT molecular complexity index is 641. The zero-order chi connectivity index (χ0) is 15.4. The maximum Gasteiger partial charge on any atom is 0.137 e. The fourth-order valence-corrected chi connectivity index (χ4v) is 2.30. The van der Waals surface area contributed by atoms with Gasteiger partial charge < -0.3 is 5.73 Å². The van der Waals surface area contributed by atoms with Gasteiger partial charge >= 0.3 is 0 Å². The number of nitrogens with zero attached hydrogens (tertiary/aromatic N) is 1. The summed E-state index contributed by atoms with van der Waals surface area (Å²) in [6.45, 7) is 1.01. The maximum absolute atomic E-state index is 14.2. The maximum atomic E-state index is 14.2. The number of halogens is 2. The Morgan fingerprint density at radius 1 is 1.10 bits per heavy atom. The van der Waals surface area contributed by atoms with Crippen molar-refractivity contribution in [3.63, 3.8) is 0 Å². The number of thiocarbonyl (C=S) groups is 1. The average molecular weight is 306 g/mol. The zero-order valence-electron chi connectivity index (χ0n) is 11.6. The molecule has 0 aliphatic carbocycles. The summed E-state index contributed by atoms with van der Waals surface area (Å²) in [5.74, 6) is -0.646. The van der Waals surface area contributed by atoms with Gasteiger partial charge in [0.25, 0.3) is 0 Å². The van der Waals surface area contributed by atoms with Crippen molar-refractivity contribution in [1.29, 1.82) is 0 Å². The number of hydrogen-bond acceptors (Lipinski definition) is 2. The number of hydrogen-bond donors (Lipinski definition) is 1. The van der Waals surface area contributed by atoms with Crippen molar-refractivity contribution in [2.24, 2.45) is 5.73 Å². The second kappa shape index (κ2) is 6.74. The molecule has 110 valence electrons. The molecule has 0 atom stereocenters. The second-order valence-corrected chi connectivity index (χ2v) is 5.38. The van der Waals surface area contributed by atoms with Gasteiger partial charge in [0.05, 0.1) is 0 Å². The predicted molar refractivity (Wildman–Crippen MR) is 83.9 cm³/mol. The first-order chi connectivity index (χ1) is 9.97. The Balaban J connectivity index is 2.09. The molecule has 2 aromatic carbocycles. The number of nitrogens with two attached hydrogens (primary N) is 1. The van der Waals surface area contributed by atoms with Crippen molar-refractivity contribution in [2.45, 2.75) is 13.1 Å². The third-order valence-electron chi connectivity index (χ3n) is 3.15. The van der Waals surface area contributed by atoms with E-state index >= 15 is 0 Å². The van der Waals surface area contributed by atoms with Gasteiger partial charge in [0.1, 0.15) is 16.6 Å². The lowest BCUT2D eigenvalue weighted by Crippen LogP contribution is -2.19. The lowest BCUT2D eigenvalue weighted by atomic mass is 10.1. The van der Waals surface area contributed by atoms with Crippen molar-refractivity contribution in [1.82, 2.24) is 4.90 Å². The minimum absolute atomic E-state index is 0.0514. The van der Waals surface area contributed by atoms with E-state index < -0.39 is 0 Å². The van der Waals surface area contributed by atoms with E-state index in [9.17, 15) is 8.78 Å². The topological polar surface area (TPSA) is 29.3 Å². The SMILES string of the molecule is CN(Cc1ccc(F)cc1)Cc1cccc(C(N)=S)c1F. The largest absolute Gasteiger partial charge is 0.389 e. The summed E-state index contributed by atoms with van der Waals surface area (Å²) < 4.78 is 27.1. The summed E-state index contributed by atoms with van der Waals surface area (Å²) in [7, 11) is 1.87. The molecule has 2 N–H and O–H groups in total. The van der Waals surface area contributed by atoms with E-state index in [0.717, 1.165) is 5.56 Å². The smallest absolute Gasteiger partial charge is 0.137 e. The Labute approximate surface area is 128 Å². The molecule has 2 aromatic rings. The van der Waals surface area contributed by atoms with Gasteiger partial charge in [0, 0.05) is 24.2 Å². The molecular weight excluding hydrogens is 290 g/mol. The number of benzene rings is 2. The Morgan fingerprint density at radius 3 is 2.38 bits per heavy atom. The molecule has 2 rings (SSSR count). The molecule has 0 unspecified atom stereocenters. The molecule has 0 aliphatic rings. The standard InChI is InChI=1S/C16H16F2N2S/c1-20(9-11-5-7-13(17)8-6-11)10-12-3-2-4-14(15(12)18)16(19)21/h2-8H,9-10H2,1H3,(H2,19,21). The number of rotatable bonds is 5. The quantitative estimate of drug-likeness (QED) is 0.860. The molecule has 0 bridgehead atoms. The first-order valence-corrected chi connectivity index (χ1v) is 6.88. The minimum Gasteiger partial charge on any atom is -0.389 e. The molecule has 0 saturated heterocycles. The predicted octanol–water partition coefficient (Wildman–Crippen LogP) is 3.23. The molecule has 5 heteroatoms. The van der Waals surface area contributed by atoms with Crippen molar-refractivity contribution in [3.8, 4) is 0 Å². The zero-order valence-corrected chi connectivity index (χ0v) is 12.5. The van der Waals surface area contributed by atoms with Crippen LogP contribution in [0.15, 0.2) is 42.5 Å². The van der Waals surface area contributed by atoms with E-state index in [1.807, 2.05) is 11.9 Å². The molecule has 0 aromatic heterocycles. The monoisotopic (exact) mass is 306 g/mol. The van der Waals surface area contributed by atoms with E-state index in [1.165, 1.54) is 12.1 Å². The molecular formula is C16H16F2N2S. The van der Waals surface area contributed by atoms with Crippen LogP contribution in [0, 0.1) is 11.6 Å². The van der Waals surface area contributed by atoms with Crippen LogP contribution in [0.2, 0.25) is 0 Å². The van der Waals surface area contributed by atoms with Crippen LogP contribution in [0.5, 0.6) is 0 Å². The lowest BCUT2D eigenvalue weighted by Gasteiger charge is -2.18. The van der Waals surface area contributed by atoms with E-state index in [-0.39, 0.29) is 22.2 Å². The first kappa shape index (κ1) is 15.5. The minimum atomic E-state index is -0.379. The highest BCUT2D eigenvalue weighted by Crippen LogP contribution is 2.16. The molecule has 0 spiro atoms. The van der Waals surface area contributed by atoms with Gasteiger partial charge in [0.15, 0.2) is 0 Å². The van der Waals surface area contributed by atoms with Crippen LogP contribution in [0.25, 0.3) is 0 Å². The fourth-order valence-electron chi connectivity index (χ4n) is 2.14. The van der Waals surface area contributed by atoms with Crippen LogP contribution in [-0.4, -0.2) is 16.9 Å². The van der Waals surface area contributed by atoms with Crippen LogP contribution < -0.4 is 5.73 Å². The lowest BCUT2D eigenvalue weighted by molar-refractivity contribution is 0.313. The summed E-state index contributed by atoms with van der Waals surface area (Å²) in [6.07, 6.45) is 0. The third kappa shape index (κ3) is 4.06. The molecule has 2 nitrogen and oxygen atoms in total. The molecule has 0 aliphatic heterocycles. The summed E-state index contributed by atoms with van der Waals surface area (Å²) in [5.41, 5.74) is 7.25. The Morgan fingerprint density at radius 2 is 1.76 bits per heavy atom. The van der Waals surface area contributed by atoms with Gasteiger partial charge in [-0.1, -0.05) is 36.5 Å². The Kier molecular flexibility index (Phi) is 4.98. The second-order valence-electron chi connectivity index (χ2n) is 4.94. The van der Waals surface area contributed by atoms with E-state index in [2.05, 4.69) is 0 Å². The third-order valence-corrected chi connectivity index (χ3v) is 3.37. The highest BCUT2D eigenvalue weighted by molar-refractivity contribution is 7.80. The fraction of sp³-hybridized carbons (Fsp3) is 0.188. The molecule has 0 radical (unpaired) electrons. The van der Waals surface area contributed by atoms with E-state index in [4.69, 9.17) is 18.0 Å². The van der Waals surface area contributed by atoms with Gasteiger partial charge in [0.2, 0.25) is 0 Å². The van der Waals surface area contributed by atoms with Crippen LogP contribution in [0.4, 0.5) is 8.78 Å². The van der Waals surface area contributed by atoms with Crippen molar-refractivity contribution in [2.75, 3.05) is 7.05 Å². The summed E-state index contributed by atoms with van der Waals surface area (Å²) >= 11 is 4.83. The van der Waals surface area contributed by atoms with Gasteiger partial charge in [-0.2, -0.15) is 0 Å². The summed E-state index contributed by atoms with van der Waals surface area (Å²) in [5, 5.41) is 0. The Hall–Kier alpha value is -1.85. The van der Waals surface area contributed by atoms with Crippen LogP contribution in [0.3, 0.4) is 0 Å². The van der Waals surface area contributed by atoms with Crippen molar-refractivity contribution in [3.05, 3.63) is 70.8 Å². The van der Waals surface area contributed by atoms with Gasteiger partial charge in [-0.15, -0.1) is 0 Å². The average Bonchev–Trinajstić information content (AvgIpc) is 2.43. The van der Waals surface area contributed by atoms with E-state index in [0.29, 0.717) is 18.7 Å². The molecule has 0 fully saturated rings. The highest BCUT2D eigenvalue weighted by atomic mass is 32.1. The summed E-state index contributed by atoms with van der Waals surface area (Å²) in [4.78, 5) is 1.99. The van der Waals surface area contributed by atoms with E-state index in [1.54, 1.807) is 30.3 Å². The van der Waals surface area contributed by atoms with Crippen molar-refractivity contribution < 1.29 is 8.78 Å². The molecule has 0 saturated carbocycles. The van der Waals surface area contributed by atoms with Gasteiger partial charge in [-0.25, -0.2) is 8.78 Å².